The third kappa shape index (κ3) is 3.62. The van der Waals surface area contributed by atoms with Crippen molar-refractivity contribution < 1.29 is 14.6 Å². The Labute approximate surface area is 111 Å². The highest BCUT2D eigenvalue weighted by atomic mass is 35.5. The number of nitrogens with one attached hydrogen (secondary N) is 1. The fourth-order valence-electron chi connectivity index (χ4n) is 1.98. The van der Waals surface area contributed by atoms with Gasteiger partial charge in [0.15, 0.2) is 0 Å². The Kier molecular flexibility index (Phi) is 4.44. The Hall–Kier alpha value is -1.26. The monoisotopic (exact) mass is 269 g/mol. The lowest BCUT2D eigenvalue weighted by molar-refractivity contribution is -0.119. The highest BCUT2D eigenvalue weighted by molar-refractivity contribution is 6.33. The topological polar surface area (TPSA) is 58.6 Å². The van der Waals surface area contributed by atoms with Gasteiger partial charge in [-0.15, -0.1) is 0 Å². The van der Waals surface area contributed by atoms with Gasteiger partial charge < -0.3 is 15.2 Å². The lowest BCUT2D eigenvalue weighted by Gasteiger charge is -2.22. The molecule has 1 amide bonds. The fourth-order valence-corrected chi connectivity index (χ4v) is 2.20. The molecule has 1 heterocycles. The Balaban J connectivity index is 1.90. The largest absolute Gasteiger partial charge is 0.508 e. The Morgan fingerprint density at radius 1 is 1.50 bits per heavy atom. The highest BCUT2D eigenvalue weighted by Crippen LogP contribution is 2.26. The van der Waals surface area contributed by atoms with Crippen LogP contribution in [0.15, 0.2) is 18.2 Å². The molecule has 1 aromatic rings. The summed E-state index contributed by atoms with van der Waals surface area (Å²) in [5, 5.41) is 12.3. The maximum Gasteiger partial charge on any atom is 0.227 e. The molecule has 1 aliphatic rings. The van der Waals surface area contributed by atoms with Crippen LogP contribution in [-0.4, -0.2) is 23.7 Å². The lowest BCUT2D eigenvalue weighted by Crippen LogP contribution is -2.25. The summed E-state index contributed by atoms with van der Waals surface area (Å²) in [6, 6.07) is 4.46. The van der Waals surface area contributed by atoms with Crippen LogP contribution >= 0.6 is 11.6 Å². The number of phenolic OH excluding ortho intramolecular Hbond substituents is 1. The van der Waals surface area contributed by atoms with Crippen LogP contribution in [0, 0.1) is 0 Å². The van der Waals surface area contributed by atoms with Gasteiger partial charge in [0.25, 0.3) is 0 Å². The molecule has 1 fully saturated rings. The number of hydrogen-bond acceptors (Lipinski definition) is 3. The van der Waals surface area contributed by atoms with Crippen LogP contribution in [0.4, 0.5) is 5.69 Å². The van der Waals surface area contributed by atoms with Gasteiger partial charge in [0, 0.05) is 12.7 Å². The summed E-state index contributed by atoms with van der Waals surface area (Å²) in [5.74, 6) is -0.0388. The van der Waals surface area contributed by atoms with Gasteiger partial charge in [-0.3, -0.25) is 4.79 Å². The van der Waals surface area contributed by atoms with Crippen LogP contribution < -0.4 is 5.32 Å². The smallest absolute Gasteiger partial charge is 0.227 e. The average molecular weight is 270 g/mol. The predicted octanol–water partition coefficient (Wildman–Crippen LogP) is 2.94. The van der Waals surface area contributed by atoms with E-state index in [2.05, 4.69) is 5.32 Å². The van der Waals surface area contributed by atoms with E-state index in [0.717, 1.165) is 25.9 Å². The van der Waals surface area contributed by atoms with Crippen molar-refractivity contribution in [1.82, 2.24) is 0 Å². The van der Waals surface area contributed by atoms with E-state index in [0.29, 0.717) is 17.1 Å². The second-order valence-corrected chi connectivity index (χ2v) is 4.81. The molecule has 5 heteroatoms. The third-order valence-electron chi connectivity index (χ3n) is 2.91. The van der Waals surface area contributed by atoms with Crippen LogP contribution in [0.5, 0.6) is 5.75 Å². The standard InChI is InChI=1S/C13H16ClNO3/c14-11-7-9(16)4-5-12(11)15-13(17)8-10-3-1-2-6-18-10/h4-5,7,10,16H,1-3,6,8H2,(H,15,17). The first-order valence-corrected chi connectivity index (χ1v) is 6.43. The maximum atomic E-state index is 11.8. The zero-order valence-corrected chi connectivity index (χ0v) is 10.7. The second-order valence-electron chi connectivity index (χ2n) is 4.41. The number of ether oxygens (including phenoxy) is 1. The van der Waals surface area contributed by atoms with Crippen molar-refractivity contribution >= 4 is 23.2 Å². The first-order valence-electron chi connectivity index (χ1n) is 6.05. The molecule has 1 aromatic carbocycles. The van der Waals surface area contributed by atoms with Crippen molar-refractivity contribution in [1.29, 1.82) is 0 Å². The molecule has 1 atom stereocenters. The molecule has 0 aromatic heterocycles. The first kappa shape index (κ1) is 13.2. The number of aromatic hydroxyl groups is 1. The third-order valence-corrected chi connectivity index (χ3v) is 3.23. The molecule has 98 valence electrons. The molecule has 1 unspecified atom stereocenters. The number of hydrogen-bond donors (Lipinski definition) is 2. The fraction of sp³-hybridized carbons (Fsp3) is 0.462. The first-order chi connectivity index (χ1) is 8.65. The number of amides is 1. The van der Waals surface area contributed by atoms with Gasteiger partial charge in [-0.25, -0.2) is 0 Å². The molecule has 0 spiro atoms. The van der Waals surface area contributed by atoms with Gasteiger partial charge >= 0.3 is 0 Å². The zero-order valence-electron chi connectivity index (χ0n) is 9.99. The summed E-state index contributed by atoms with van der Waals surface area (Å²) in [4.78, 5) is 11.8. The van der Waals surface area contributed by atoms with E-state index in [4.69, 9.17) is 16.3 Å². The normalized spacial score (nSPS) is 19.5. The Morgan fingerprint density at radius 3 is 3.00 bits per heavy atom. The van der Waals surface area contributed by atoms with E-state index >= 15 is 0 Å². The van der Waals surface area contributed by atoms with Crippen LogP contribution in [0.2, 0.25) is 5.02 Å². The Morgan fingerprint density at radius 2 is 2.33 bits per heavy atom. The van der Waals surface area contributed by atoms with Crippen molar-refractivity contribution in [2.45, 2.75) is 31.8 Å². The molecule has 0 saturated carbocycles. The minimum absolute atomic E-state index is 0.00893. The second kappa shape index (κ2) is 6.07. The number of benzene rings is 1. The van der Waals surface area contributed by atoms with Crippen LogP contribution in [0.3, 0.4) is 0 Å². The predicted molar refractivity (Wildman–Crippen MR) is 70.0 cm³/mol. The number of carbonyl (C=O) groups is 1. The number of anilines is 1. The number of phenols is 1. The zero-order chi connectivity index (χ0) is 13.0. The van der Waals surface area contributed by atoms with E-state index in [-0.39, 0.29) is 17.8 Å². The SMILES string of the molecule is O=C(CC1CCCCO1)Nc1ccc(O)cc1Cl. The molecular formula is C13H16ClNO3. The van der Waals surface area contributed by atoms with Crippen molar-refractivity contribution in [2.24, 2.45) is 0 Å². The molecular weight excluding hydrogens is 254 g/mol. The molecule has 0 radical (unpaired) electrons. The van der Waals surface area contributed by atoms with Crippen LogP contribution in [-0.2, 0) is 9.53 Å². The maximum absolute atomic E-state index is 11.8. The van der Waals surface area contributed by atoms with E-state index < -0.39 is 0 Å². The van der Waals surface area contributed by atoms with E-state index in [1.807, 2.05) is 0 Å². The Bertz CT molecular complexity index is 430. The van der Waals surface area contributed by atoms with Crippen LogP contribution in [0.25, 0.3) is 0 Å². The van der Waals surface area contributed by atoms with Gasteiger partial charge in [-0.2, -0.15) is 0 Å². The molecule has 1 aliphatic heterocycles. The van der Waals surface area contributed by atoms with Crippen molar-refractivity contribution in [2.75, 3.05) is 11.9 Å². The van der Waals surface area contributed by atoms with E-state index in [1.54, 1.807) is 6.07 Å². The molecule has 18 heavy (non-hydrogen) atoms. The molecule has 0 bridgehead atoms. The van der Waals surface area contributed by atoms with Gasteiger partial charge in [-0.05, 0) is 31.4 Å². The van der Waals surface area contributed by atoms with Gasteiger partial charge in [0.2, 0.25) is 5.91 Å². The number of carbonyl (C=O) groups excluding carboxylic acids is 1. The van der Waals surface area contributed by atoms with Crippen molar-refractivity contribution in [3.05, 3.63) is 23.2 Å². The quantitative estimate of drug-likeness (QED) is 0.830. The summed E-state index contributed by atoms with van der Waals surface area (Å²) in [6.07, 6.45) is 3.46. The van der Waals surface area contributed by atoms with Gasteiger partial charge in [0.1, 0.15) is 5.75 Å². The summed E-state index contributed by atoms with van der Waals surface area (Å²) >= 11 is 5.91. The number of halogens is 1. The summed E-state index contributed by atoms with van der Waals surface area (Å²) < 4.78 is 5.50. The van der Waals surface area contributed by atoms with Gasteiger partial charge in [-0.1, -0.05) is 11.6 Å². The highest BCUT2D eigenvalue weighted by Gasteiger charge is 2.18. The number of rotatable bonds is 3. The van der Waals surface area contributed by atoms with E-state index in [1.165, 1.54) is 12.1 Å². The summed E-state index contributed by atoms with van der Waals surface area (Å²) in [5.41, 5.74) is 0.510. The lowest BCUT2D eigenvalue weighted by atomic mass is 10.1. The minimum Gasteiger partial charge on any atom is -0.508 e. The van der Waals surface area contributed by atoms with Gasteiger partial charge in [0.05, 0.1) is 23.2 Å². The van der Waals surface area contributed by atoms with Crippen molar-refractivity contribution in [3.63, 3.8) is 0 Å². The van der Waals surface area contributed by atoms with Crippen molar-refractivity contribution in [3.8, 4) is 5.75 Å². The average Bonchev–Trinajstić information content (AvgIpc) is 2.34. The summed E-state index contributed by atoms with van der Waals surface area (Å²) in [7, 11) is 0. The molecule has 1 saturated heterocycles. The summed E-state index contributed by atoms with van der Waals surface area (Å²) in [6.45, 7) is 0.734. The van der Waals surface area contributed by atoms with E-state index in [9.17, 15) is 9.90 Å². The molecule has 2 rings (SSSR count). The minimum atomic E-state index is -0.116. The molecule has 0 aliphatic carbocycles. The molecule has 2 N–H and O–H groups in total. The van der Waals surface area contributed by atoms with Crippen LogP contribution in [0.1, 0.15) is 25.7 Å². The molecule has 4 nitrogen and oxygen atoms in total.